The first kappa shape index (κ1) is 26.4. The Morgan fingerprint density at radius 2 is 1.65 bits per heavy atom. The average molecular weight is 503 g/mol. The van der Waals surface area contributed by atoms with Gasteiger partial charge < -0.3 is 24.4 Å². The molecular formula is C30H34N2O5. The summed E-state index contributed by atoms with van der Waals surface area (Å²) in [6, 6.07) is 24.0. The van der Waals surface area contributed by atoms with Crippen LogP contribution < -0.4 is 4.74 Å². The molecule has 0 aliphatic carbocycles. The van der Waals surface area contributed by atoms with Crippen LogP contribution in [0.15, 0.2) is 78.9 Å². The van der Waals surface area contributed by atoms with Crippen molar-refractivity contribution >= 4 is 12.0 Å². The maximum absolute atomic E-state index is 13.9. The summed E-state index contributed by atoms with van der Waals surface area (Å²) in [4.78, 5) is 29.8. The van der Waals surface area contributed by atoms with Crippen molar-refractivity contribution < 1.29 is 24.2 Å². The molecule has 37 heavy (non-hydrogen) atoms. The molecule has 1 N–H and O–H groups in total. The Labute approximate surface area is 218 Å². The summed E-state index contributed by atoms with van der Waals surface area (Å²) in [6.45, 7) is 4.63. The van der Waals surface area contributed by atoms with Crippen LogP contribution in [0, 0.1) is 5.92 Å². The van der Waals surface area contributed by atoms with Crippen molar-refractivity contribution in [1.82, 2.24) is 9.80 Å². The molecule has 2 amide bonds. The van der Waals surface area contributed by atoms with E-state index in [0.717, 1.165) is 16.7 Å². The Kier molecular flexibility index (Phi) is 8.58. The summed E-state index contributed by atoms with van der Waals surface area (Å²) in [5, 5.41) is 9.97. The Bertz CT molecular complexity index is 1220. The highest BCUT2D eigenvalue weighted by atomic mass is 16.6. The van der Waals surface area contributed by atoms with Crippen molar-refractivity contribution in [3.8, 4) is 16.9 Å². The number of carbonyl (C=O) groups excluding carboxylic acids is 2. The Morgan fingerprint density at radius 1 is 1.03 bits per heavy atom. The normalized spacial score (nSPS) is 18.7. The van der Waals surface area contributed by atoms with Gasteiger partial charge in [0.25, 0.3) is 5.91 Å². The third kappa shape index (κ3) is 6.18. The zero-order chi connectivity index (χ0) is 26.4. The predicted octanol–water partition coefficient (Wildman–Crippen LogP) is 4.84. The van der Waals surface area contributed by atoms with E-state index in [1.165, 1.54) is 4.90 Å². The molecule has 1 aliphatic rings. The van der Waals surface area contributed by atoms with Crippen LogP contribution in [-0.2, 0) is 11.3 Å². The van der Waals surface area contributed by atoms with Crippen LogP contribution in [-0.4, -0.2) is 65.8 Å². The van der Waals surface area contributed by atoms with Gasteiger partial charge in [0.1, 0.15) is 5.75 Å². The van der Waals surface area contributed by atoms with Crippen molar-refractivity contribution in [1.29, 1.82) is 0 Å². The van der Waals surface area contributed by atoms with E-state index in [0.29, 0.717) is 24.5 Å². The summed E-state index contributed by atoms with van der Waals surface area (Å²) in [5.41, 5.74) is 3.30. The van der Waals surface area contributed by atoms with E-state index in [1.54, 1.807) is 36.2 Å². The number of carbonyl (C=O) groups is 2. The molecular weight excluding hydrogens is 468 g/mol. The van der Waals surface area contributed by atoms with Crippen molar-refractivity contribution in [3.63, 3.8) is 0 Å². The maximum atomic E-state index is 13.9. The molecule has 4 rings (SSSR count). The maximum Gasteiger partial charge on any atom is 0.415 e. The van der Waals surface area contributed by atoms with Crippen LogP contribution in [0.1, 0.15) is 29.8 Å². The van der Waals surface area contributed by atoms with Crippen LogP contribution in [0.5, 0.6) is 5.75 Å². The van der Waals surface area contributed by atoms with Crippen molar-refractivity contribution in [3.05, 3.63) is 90.0 Å². The van der Waals surface area contributed by atoms with E-state index in [9.17, 15) is 14.7 Å². The number of benzene rings is 3. The number of fused-ring (bicyclic) bond motifs is 3. The highest BCUT2D eigenvalue weighted by Gasteiger charge is 2.31. The number of nitrogens with zero attached hydrogens (tertiary/aromatic N) is 2. The fraction of sp³-hybridized carbons (Fsp3) is 0.333. The van der Waals surface area contributed by atoms with E-state index < -0.39 is 6.09 Å². The number of hydrogen-bond donors (Lipinski definition) is 1. The zero-order valence-corrected chi connectivity index (χ0v) is 21.5. The lowest BCUT2D eigenvalue weighted by atomic mass is 9.94. The summed E-state index contributed by atoms with van der Waals surface area (Å²) in [6.07, 6.45) is -0.871. The van der Waals surface area contributed by atoms with Crippen molar-refractivity contribution in [2.75, 3.05) is 26.7 Å². The second-order valence-corrected chi connectivity index (χ2v) is 9.58. The molecule has 0 unspecified atom stereocenters. The van der Waals surface area contributed by atoms with Crippen LogP contribution in [0.4, 0.5) is 4.79 Å². The predicted molar refractivity (Wildman–Crippen MR) is 142 cm³/mol. The Hall–Kier alpha value is -3.68. The third-order valence-corrected chi connectivity index (χ3v) is 6.81. The number of aliphatic hydroxyl groups is 1. The molecule has 0 saturated carbocycles. The fourth-order valence-corrected chi connectivity index (χ4v) is 4.56. The number of rotatable bonds is 5. The van der Waals surface area contributed by atoms with Crippen molar-refractivity contribution in [2.45, 2.75) is 32.6 Å². The minimum absolute atomic E-state index is 0.137. The standard InChI is InChI=1S/C30H34N2O5/c1-21-17-32(22(2)19-33)29(34)27-16-10-9-15-26(27)25-14-8-7-11-23(25)20-36-28(21)18-31(3)30(35)37-24-12-5-4-6-13-24/h4-16,21-22,28,33H,17-20H2,1-3H3/t21-,22-,28-/m1/s1. The minimum atomic E-state index is -0.485. The van der Waals surface area contributed by atoms with Gasteiger partial charge in [0.05, 0.1) is 31.9 Å². The molecule has 3 atom stereocenters. The summed E-state index contributed by atoms with van der Waals surface area (Å²) >= 11 is 0. The second-order valence-electron chi connectivity index (χ2n) is 9.58. The molecule has 194 valence electrons. The smallest absolute Gasteiger partial charge is 0.410 e. The van der Waals surface area contributed by atoms with Gasteiger partial charge in [-0.05, 0) is 41.8 Å². The van der Waals surface area contributed by atoms with E-state index in [2.05, 4.69) is 0 Å². The molecule has 3 aromatic carbocycles. The molecule has 1 heterocycles. The van der Waals surface area contributed by atoms with Gasteiger partial charge in [0, 0.05) is 25.1 Å². The molecule has 0 saturated heterocycles. The highest BCUT2D eigenvalue weighted by Crippen LogP contribution is 2.31. The van der Waals surface area contributed by atoms with Crippen LogP contribution in [0.3, 0.4) is 0 Å². The minimum Gasteiger partial charge on any atom is -0.410 e. The number of likely N-dealkylation sites (N-methyl/N-ethyl adjacent to an activating group) is 1. The molecule has 0 fully saturated rings. The zero-order valence-electron chi connectivity index (χ0n) is 21.5. The van der Waals surface area contributed by atoms with Gasteiger partial charge in [-0.3, -0.25) is 4.79 Å². The van der Waals surface area contributed by atoms with Gasteiger partial charge in [-0.15, -0.1) is 0 Å². The van der Waals surface area contributed by atoms with E-state index >= 15 is 0 Å². The van der Waals surface area contributed by atoms with Gasteiger partial charge in [-0.1, -0.05) is 67.6 Å². The molecule has 0 aromatic heterocycles. The first-order valence-electron chi connectivity index (χ1n) is 12.6. The number of ether oxygens (including phenoxy) is 2. The summed E-state index contributed by atoms with van der Waals surface area (Å²) in [5.74, 6) is 0.189. The first-order chi connectivity index (χ1) is 17.9. The van der Waals surface area contributed by atoms with Crippen molar-refractivity contribution in [2.24, 2.45) is 5.92 Å². The SMILES string of the molecule is C[C@@H]1CN([C@H](C)CO)C(=O)c2ccccc2-c2ccccc2CO[C@@H]1CN(C)C(=O)Oc1ccccc1. The fourth-order valence-electron chi connectivity index (χ4n) is 4.56. The molecule has 0 bridgehead atoms. The average Bonchev–Trinajstić information content (AvgIpc) is 2.94. The van der Waals surface area contributed by atoms with E-state index in [4.69, 9.17) is 9.47 Å². The van der Waals surface area contributed by atoms with Gasteiger partial charge in [-0.2, -0.15) is 0 Å². The lowest BCUT2D eigenvalue weighted by Gasteiger charge is -2.35. The quantitative estimate of drug-likeness (QED) is 0.540. The molecule has 0 spiro atoms. The van der Waals surface area contributed by atoms with Crippen LogP contribution in [0.2, 0.25) is 0 Å². The molecule has 1 aliphatic heterocycles. The largest absolute Gasteiger partial charge is 0.415 e. The number of para-hydroxylation sites is 1. The molecule has 7 heteroatoms. The lowest BCUT2D eigenvalue weighted by molar-refractivity contribution is -0.0205. The monoisotopic (exact) mass is 502 g/mol. The summed E-state index contributed by atoms with van der Waals surface area (Å²) < 4.78 is 11.9. The van der Waals surface area contributed by atoms with Crippen LogP contribution in [0.25, 0.3) is 11.1 Å². The Morgan fingerprint density at radius 3 is 2.35 bits per heavy atom. The number of amides is 2. The van der Waals surface area contributed by atoms with Gasteiger partial charge in [-0.25, -0.2) is 4.79 Å². The topological polar surface area (TPSA) is 79.3 Å². The number of aliphatic hydroxyl groups excluding tert-OH is 1. The van der Waals surface area contributed by atoms with E-state index in [1.807, 2.05) is 68.4 Å². The van der Waals surface area contributed by atoms with Gasteiger partial charge >= 0.3 is 6.09 Å². The van der Waals surface area contributed by atoms with Gasteiger partial charge in [0.2, 0.25) is 0 Å². The first-order valence-corrected chi connectivity index (χ1v) is 12.6. The summed E-state index contributed by atoms with van der Waals surface area (Å²) in [7, 11) is 1.68. The third-order valence-electron chi connectivity index (χ3n) is 6.81. The van der Waals surface area contributed by atoms with Gasteiger partial charge in [0.15, 0.2) is 0 Å². The molecule has 3 aromatic rings. The highest BCUT2D eigenvalue weighted by molar-refractivity contribution is 6.01. The molecule has 0 radical (unpaired) electrons. The number of hydrogen-bond acceptors (Lipinski definition) is 5. The van der Waals surface area contributed by atoms with E-state index in [-0.39, 0.29) is 37.1 Å². The molecule has 7 nitrogen and oxygen atoms in total. The Balaban J connectivity index is 1.66. The second kappa shape index (κ2) is 12.0. The van der Waals surface area contributed by atoms with Crippen LogP contribution >= 0.6 is 0 Å². The lowest BCUT2D eigenvalue weighted by Crippen LogP contribution is -2.47.